The van der Waals surface area contributed by atoms with Crippen molar-refractivity contribution in [3.05, 3.63) is 35.9 Å². The standard InChI is InChI=1S/C16H33NO3Si4/c1-22(2,3)17-24(7,8)20-21(23(4,5)6)16(18)19-14-15-12-10-9-11-13-15/h9-13,17,21H,14H2,1-8H3. The van der Waals surface area contributed by atoms with Crippen LogP contribution < -0.4 is 4.65 Å². The lowest BCUT2D eigenvalue weighted by atomic mass is 10.2. The molecular formula is C16H33NO3Si4. The molecule has 1 rings (SSSR count). The van der Waals surface area contributed by atoms with Gasteiger partial charge in [-0.25, -0.2) is 0 Å². The van der Waals surface area contributed by atoms with Gasteiger partial charge < -0.3 is 13.5 Å². The molecule has 0 aliphatic heterocycles. The van der Waals surface area contributed by atoms with E-state index in [4.69, 9.17) is 8.85 Å². The van der Waals surface area contributed by atoms with Crippen LogP contribution in [0.2, 0.25) is 52.4 Å². The van der Waals surface area contributed by atoms with E-state index in [0.29, 0.717) is 6.61 Å². The minimum absolute atomic E-state index is 0.0871. The summed E-state index contributed by atoms with van der Waals surface area (Å²) in [4.78, 5) is 12.8. The quantitative estimate of drug-likeness (QED) is 0.666. The monoisotopic (exact) mass is 399 g/mol. The highest BCUT2D eigenvalue weighted by molar-refractivity contribution is 7.40. The third-order valence-corrected chi connectivity index (χ3v) is 20.7. The average molecular weight is 400 g/mol. The summed E-state index contributed by atoms with van der Waals surface area (Å²) in [6, 6.07) is 9.83. The Hall–Kier alpha value is -0.522. The lowest BCUT2D eigenvalue weighted by Crippen LogP contribution is -2.65. The third-order valence-electron chi connectivity index (χ3n) is 3.31. The molecule has 1 aromatic carbocycles. The molecule has 0 fully saturated rings. The van der Waals surface area contributed by atoms with Gasteiger partial charge in [-0.15, -0.1) is 0 Å². The van der Waals surface area contributed by atoms with Crippen LogP contribution >= 0.6 is 0 Å². The van der Waals surface area contributed by atoms with Gasteiger partial charge in [0, 0.05) is 0 Å². The molecule has 0 aliphatic rings. The summed E-state index contributed by atoms with van der Waals surface area (Å²) in [6.45, 7) is 18.1. The predicted octanol–water partition coefficient (Wildman–Crippen LogP) is 4.19. The first-order valence-corrected chi connectivity index (χ1v) is 21.2. The maximum absolute atomic E-state index is 12.8. The number of carbonyl (C=O) groups is 1. The van der Waals surface area contributed by atoms with Crippen LogP contribution in [0.3, 0.4) is 0 Å². The van der Waals surface area contributed by atoms with E-state index in [9.17, 15) is 4.79 Å². The summed E-state index contributed by atoms with van der Waals surface area (Å²) in [5, 5.41) is 0. The molecule has 0 heterocycles. The van der Waals surface area contributed by atoms with Crippen LogP contribution in [0.1, 0.15) is 5.56 Å². The third kappa shape index (κ3) is 8.04. The normalized spacial score (nSPS) is 14.3. The first kappa shape index (κ1) is 21.5. The molecule has 0 spiro atoms. The maximum Gasteiger partial charge on any atom is 0.296 e. The first-order chi connectivity index (χ1) is 10.8. The molecule has 0 aliphatic carbocycles. The zero-order valence-corrected chi connectivity index (χ0v) is 20.6. The fourth-order valence-corrected chi connectivity index (χ4v) is 23.9. The van der Waals surface area contributed by atoms with Gasteiger partial charge in [0.2, 0.25) is 8.48 Å². The van der Waals surface area contributed by atoms with Gasteiger partial charge in [-0.2, -0.15) is 0 Å². The second-order valence-electron chi connectivity index (χ2n) is 8.84. The number of ether oxygens (including phenoxy) is 1. The largest absolute Gasteiger partial charge is 0.464 e. The highest BCUT2D eigenvalue weighted by Crippen LogP contribution is 2.17. The Morgan fingerprint density at radius 1 is 1.00 bits per heavy atom. The van der Waals surface area contributed by atoms with E-state index in [1.54, 1.807) is 0 Å². The van der Waals surface area contributed by atoms with E-state index in [-0.39, 0.29) is 5.59 Å². The molecule has 0 aromatic heterocycles. The van der Waals surface area contributed by atoms with Crippen LogP contribution in [0.4, 0.5) is 4.79 Å². The van der Waals surface area contributed by atoms with Crippen molar-refractivity contribution in [3.63, 3.8) is 0 Å². The topological polar surface area (TPSA) is 47.6 Å². The number of rotatable bonds is 8. The second kappa shape index (κ2) is 8.24. The minimum Gasteiger partial charge on any atom is -0.464 e. The van der Waals surface area contributed by atoms with Gasteiger partial charge in [-0.05, 0) is 18.7 Å². The van der Waals surface area contributed by atoms with Crippen molar-refractivity contribution in [1.82, 2.24) is 4.65 Å². The van der Waals surface area contributed by atoms with E-state index in [2.05, 4.69) is 57.0 Å². The summed E-state index contributed by atoms with van der Waals surface area (Å²) in [7, 11) is -7.32. The van der Waals surface area contributed by atoms with Crippen molar-refractivity contribution < 1.29 is 13.6 Å². The van der Waals surface area contributed by atoms with Gasteiger partial charge in [0.05, 0.1) is 7.59 Å². The first-order valence-electron chi connectivity index (χ1n) is 8.48. The van der Waals surface area contributed by atoms with Gasteiger partial charge >= 0.3 is 0 Å². The Morgan fingerprint density at radius 2 is 1.54 bits per heavy atom. The van der Waals surface area contributed by atoms with Crippen LogP contribution in [0, 0.1) is 0 Å². The molecule has 24 heavy (non-hydrogen) atoms. The van der Waals surface area contributed by atoms with Gasteiger partial charge in [-0.1, -0.05) is 69.6 Å². The van der Waals surface area contributed by atoms with Crippen LogP contribution in [0.5, 0.6) is 0 Å². The molecule has 1 unspecified atom stereocenters. The van der Waals surface area contributed by atoms with Crippen LogP contribution in [-0.4, -0.2) is 38.5 Å². The van der Waals surface area contributed by atoms with Gasteiger partial charge in [0.15, 0.2) is 0 Å². The van der Waals surface area contributed by atoms with Crippen LogP contribution in [0.25, 0.3) is 0 Å². The summed E-state index contributed by atoms with van der Waals surface area (Å²) in [5.74, 6) is 0. The molecule has 136 valence electrons. The van der Waals surface area contributed by atoms with E-state index >= 15 is 0 Å². The molecule has 0 saturated heterocycles. The molecule has 0 radical (unpaired) electrons. The lowest BCUT2D eigenvalue weighted by molar-refractivity contribution is 0.162. The number of hydrogen-bond donors (Lipinski definition) is 1. The highest BCUT2D eigenvalue weighted by atomic mass is 29.2. The van der Waals surface area contributed by atoms with Gasteiger partial charge in [0.25, 0.3) is 14.2 Å². The lowest BCUT2D eigenvalue weighted by Gasteiger charge is -2.37. The molecule has 1 N–H and O–H groups in total. The number of carbonyl (C=O) groups excluding carboxylic acids is 1. The van der Waals surface area contributed by atoms with Gasteiger partial charge in [0.1, 0.15) is 14.8 Å². The number of nitrogens with one attached hydrogen (secondary N) is 1. The van der Waals surface area contributed by atoms with Crippen molar-refractivity contribution in [2.45, 2.75) is 59.0 Å². The fourth-order valence-electron chi connectivity index (χ4n) is 2.61. The fraction of sp³-hybridized carbons (Fsp3) is 0.562. The van der Waals surface area contributed by atoms with E-state index < -0.39 is 32.9 Å². The highest BCUT2D eigenvalue weighted by Gasteiger charge is 2.43. The van der Waals surface area contributed by atoms with E-state index in [1.165, 1.54) is 0 Å². The van der Waals surface area contributed by atoms with Crippen molar-refractivity contribution in [3.8, 4) is 0 Å². The molecule has 0 amide bonds. The summed E-state index contributed by atoms with van der Waals surface area (Å²) >= 11 is 0. The van der Waals surface area contributed by atoms with Gasteiger partial charge in [-0.3, -0.25) is 4.79 Å². The SMILES string of the molecule is C[Si](C)(C)N[Si](C)(C)O[SiH](C(=O)OCc1ccccc1)[Si](C)(C)C. The zero-order valence-electron chi connectivity index (χ0n) is 16.4. The Labute approximate surface area is 151 Å². The molecule has 4 nitrogen and oxygen atoms in total. The Kier molecular flexibility index (Phi) is 7.39. The second-order valence-corrected chi connectivity index (χ2v) is 31.0. The average Bonchev–Trinajstić information content (AvgIpc) is 2.39. The maximum atomic E-state index is 12.8. The molecule has 1 aromatic rings. The summed E-state index contributed by atoms with van der Waals surface area (Å²) in [6.07, 6.45) is 0. The van der Waals surface area contributed by atoms with Crippen molar-refractivity contribution in [2.75, 3.05) is 0 Å². The smallest absolute Gasteiger partial charge is 0.296 e. The van der Waals surface area contributed by atoms with Crippen LogP contribution in [0.15, 0.2) is 30.3 Å². The molecule has 0 bridgehead atoms. The van der Waals surface area contributed by atoms with Crippen molar-refractivity contribution in [1.29, 1.82) is 0 Å². The van der Waals surface area contributed by atoms with Crippen molar-refractivity contribution >= 4 is 38.5 Å². The zero-order chi connectivity index (χ0) is 18.6. The van der Waals surface area contributed by atoms with E-state index in [1.807, 2.05) is 30.3 Å². The Balaban J connectivity index is 2.80. The Morgan fingerprint density at radius 3 is 2.00 bits per heavy atom. The summed E-state index contributed by atoms with van der Waals surface area (Å²) in [5.41, 5.74) is 0.932. The molecule has 1 atom stereocenters. The number of benzene rings is 1. The Bertz CT molecular complexity index is 538. The van der Waals surface area contributed by atoms with Crippen LogP contribution in [-0.2, 0) is 15.5 Å². The predicted molar refractivity (Wildman–Crippen MR) is 112 cm³/mol. The molecule has 0 saturated carbocycles. The molecule has 8 heteroatoms. The minimum atomic E-state index is -2.08. The number of hydrogen-bond acceptors (Lipinski definition) is 4. The van der Waals surface area contributed by atoms with Crippen molar-refractivity contribution in [2.24, 2.45) is 0 Å². The van der Waals surface area contributed by atoms with E-state index in [0.717, 1.165) is 5.56 Å². The summed E-state index contributed by atoms with van der Waals surface area (Å²) < 4.78 is 15.9. The molecular weight excluding hydrogens is 367 g/mol.